The number of carbonyl (C=O) groups excluding carboxylic acids is 1. The van der Waals surface area contributed by atoms with Crippen LogP contribution in [0.15, 0.2) is 73.2 Å². The van der Waals surface area contributed by atoms with Gasteiger partial charge >= 0.3 is 6.18 Å². The van der Waals surface area contributed by atoms with E-state index in [1.54, 1.807) is 48.9 Å². The maximum atomic E-state index is 14.2. The fraction of sp³-hybridized carbons (Fsp3) is 0.312. The summed E-state index contributed by atoms with van der Waals surface area (Å²) >= 11 is 0. The highest BCUT2D eigenvalue weighted by Gasteiger charge is 2.35. The van der Waals surface area contributed by atoms with Gasteiger partial charge in [0.1, 0.15) is 0 Å². The van der Waals surface area contributed by atoms with Gasteiger partial charge in [0.15, 0.2) is 0 Å². The molecule has 1 atom stereocenters. The van der Waals surface area contributed by atoms with Crippen LogP contribution in [0.2, 0.25) is 0 Å². The number of nitrogens with zero attached hydrogens (tertiary/aromatic N) is 4. The largest absolute Gasteiger partial charge is 0.418 e. The van der Waals surface area contributed by atoms with Gasteiger partial charge in [-0.3, -0.25) is 9.78 Å². The van der Waals surface area contributed by atoms with Gasteiger partial charge in [0.05, 0.1) is 16.9 Å². The highest BCUT2D eigenvalue weighted by atomic mass is 19.4. The molecule has 4 aromatic rings. The first-order valence-electron chi connectivity index (χ1n) is 14.1. The molecule has 1 aliphatic heterocycles. The molecule has 0 aliphatic carbocycles. The van der Waals surface area contributed by atoms with Crippen LogP contribution in [-0.4, -0.2) is 45.4 Å². The molecule has 7 nitrogen and oxygen atoms in total. The summed E-state index contributed by atoms with van der Waals surface area (Å²) in [4.78, 5) is 28.4. The second kappa shape index (κ2) is 12.7. The van der Waals surface area contributed by atoms with Gasteiger partial charge in [-0.05, 0) is 98.8 Å². The maximum Gasteiger partial charge on any atom is 0.418 e. The van der Waals surface area contributed by atoms with Crippen LogP contribution in [0.1, 0.15) is 59.2 Å². The maximum absolute atomic E-state index is 14.2. The van der Waals surface area contributed by atoms with Crippen LogP contribution in [-0.2, 0) is 6.18 Å². The first kappa shape index (κ1) is 29.2. The van der Waals surface area contributed by atoms with Crippen LogP contribution in [0.25, 0.3) is 11.3 Å². The number of likely N-dealkylation sites (tertiary alicyclic amines) is 1. The zero-order valence-electron chi connectivity index (χ0n) is 23.6. The van der Waals surface area contributed by atoms with Crippen molar-refractivity contribution in [3.8, 4) is 11.3 Å². The van der Waals surface area contributed by atoms with Gasteiger partial charge in [-0.2, -0.15) is 13.2 Å². The lowest BCUT2D eigenvalue weighted by Crippen LogP contribution is -2.35. The summed E-state index contributed by atoms with van der Waals surface area (Å²) in [6, 6.07) is 14.6. The SMILES string of the molecule is CCCN1CCCC(c2ccc(NC(=O)c3ccc(C)c(Nc4nccc(-c5cccnc5)n4)c3)c(C(F)(F)F)c2)C1. The number of piperidine rings is 1. The van der Waals surface area contributed by atoms with Crippen molar-refractivity contribution >= 4 is 23.2 Å². The van der Waals surface area contributed by atoms with Crippen molar-refractivity contribution < 1.29 is 18.0 Å². The van der Waals surface area contributed by atoms with Gasteiger partial charge in [0.2, 0.25) is 5.95 Å². The number of halogens is 3. The molecule has 2 aromatic carbocycles. The number of hydrogen-bond acceptors (Lipinski definition) is 6. The predicted octanol–water partition coefficient (Wildman–Crippen LogP) is 7.45. The third kappa shape index (κ3) is 6.94. The summed E-state index contributed by atoms with van der Waals surface area (Å²) in [5.41, 5.74) is 2.61. The van der Waals surface area contributed by atoms with Crippen LogP contribution >= 0.6 is 0 Å². The Labute approximate surface area is 243 Å². The van der Waals surface area contributed by atoms with Gasteiger partial charge in [0, 0.05) is 41.9 Å². The molecular formula is C32H33F3N6O. The van der Waals surface area contributed by atoms with Gasteiger partial charge in [-0.1, -0.05) is 19.1 Å². The van der Waals surface area contributed by atoms with E-state index >= 15 is 0 Å². The highest BCUT2D eigenvalue weighted by Crippen LogP contribution is 2.38. The van der Waals surface area contributed by atoms with E-state index in [1.165, 1.54) is 12.1 Å². The van der Waals surface area contributed by atoms with Crippen molar-refractivity contribution in [2.45, 2.75) is 45.2 Å². The predicted molar refractivity (Wildman–Crippen MR) is 158 cm³/mol. The van der Waals surface area contributed by atoms with E-state index in [0.717, 1.165) is 50.0 Å². The standard InChI is InChI=1S/C32H33F3N6O/c1-3-15-41-16-5-7-25(20-41)22-10-11-28(26(17-22)32(33,34)35)38-30(42)23-9-8-21(2)29(18-23)40-31-37-14-12-27(39-31)24-6-4-13-36-19-24/h4,6,8-14,17-19,25H,3,5,7,15-16,20H2,1-2H3,(H,38,42)(H,37,39,40). The monoisotopic (exact) mass is 574 g/mol. The number of hydrogen-bond donors (Lipinski definition) is 2. The van der Waals surface area contributed by atoms with Gasteiger partial charge in [0.25, 0.3) is 5.91 Å². The third-order valence-corrected chi connectivity index (χ3v) is 7.47. The number of rotatable bonds is 8. The van der Waals surface area contributed by atoms with E-state index in [4.69, 9.17) is 0 Å². The molecule has 42 heavy (non-hydrogen) atoms. The minimum absolute atomic E-state index is 0.0285. The molecule has 1 fully saturated rings. The Morgan fingerprint density at radius 1 is 1.07 bits per heavy atom. The number of alkyl halides is 3. The zero-order chi connectivity index (χ0) is 29.7. The number of amides is 1. The quantitative estimate of drug-likeness (QED) is 0.227. The third-order valence-electron chi connectivity index (χ3n) is 7.47. The molecule has 1 aliphatic rings. The molecule has 2 N–H and O–H groups in total. The van der Waals surface area contributed by atoms with E-state index in [0.29, 0.717) is 22.9 Å². The fourth-order valence-electron chi connectivity index (χ4n) is 5.31. The molecule has 1 saturated heterocycles. The van der Waals surface area contributed by atoms with Crippen LogP contribution in [0.3, 0.4) is 0 Å². The Kier molecular flexibility index (Phi) is 8.82. The van der Waals surface area contributed by atoms with E-state index in [-0.39, 0.29) is 17.2 Å². The average molecular weight is 575 g/mol. The lowest BCUT2D eigenvalue weighted by molar-refractivity contribution is -0.137. The number of aryl methyl sites for hydroxylation is 1. The van der Waals surface area contributed by atoms with Crippen molar-refractivity contribution in [1.29, 1.82) is 0 Å². The summed E-state index contributed by atoms with van der Waals surface area (Å²) < 4.78 is 42.5. The second-order valence-corrected chi connectivity index (χ2v) is 10.6. The average Bonchev–Trinajstić information content (AvgIpc) is 2.99. The summed E-state index contributed by atoms with van der Waals surface area (Å²) in [5, 5.41) is 5.63. The number of carbonyl (C=O) groups is 1. The van der Waals surface area contributed by atoms with Crippen molar-refractivity contribution in [3.05, 3.63) is 95.4 Å². The topological polar surface area (TPSA) is 83.0 Å². The summed E-state index contributed by atoms with van der Waals surface area (Å²) in [6.45, 7) is 6.60. The Hall–Kier alpha value is -4.31. The van der Waals surface area contributed by atoms with E-state index in [9.17, 15) is 18.0 Å². The smallest absolute Gasteiger partial charge is 0.324 e. The minimum atomic E-state index is -4.62. The van der Waals surface area contributed by atoms with E-state index in [2.05, 4.69) is 37.4 Å². The molecule has 0 spiro atoms. The second-order valence-electron chi connectivity index (χ2n) is 10.6. The number of aromatic nitrogens is 3. The van der Waals surface area contributed by atoms with E-state index in [1.807, 2.05) is 19.1 Å². The number of nitrogens with one attached hydrogen (secondary N) is 2. The molecule has 5 rings (SSSR count). The molecule has 0 bridgehead atoms. The van der Waals surface area contributed by atoms with Crippen molar-refractivity contribution in [2.75, 3.05) is 30.3 Å². The lowest BCUT2D eigenvalue weighted by atomic mass is 9.89. The van der Waals surface area contributed by atoms with E-state index < -0.39 is 17.6 Å². The van der Waals surface area contributed by atoms with Gasteiger partial charge in [-0.25, -0.2) is 9.97 Å². The lowest BCUT2D eigenvalue weighted by Gasteiger charge is -2.33. The molecular weight excluding hydrogens is 541 g/mol. The number of benzene rings is 2. The van der Waals surface area contributed by atoms with Gasteiger partial charge in [-0.15, -0.1) is 0 Å². The summed E-state index contributed by atoms with van der Waals surface area (Å²) in [6.07, 6.45) is 3.16. The Bertz CT molecular complexity index is 1540. The molecule has 2 aromatic heterocycles. The van der Waals surface area contributed by atoms with Crippen molar-refractivity contribution in [1.82, 2.24) is 19.9 Å². The zero-order valence-corrected chi connectivity index (χ0v) is 23.6. The van der Waals surface area contributed by atoms with Crippen molar-refractivity contribution in [2.24, 2.45) is 0 Å². The number of pyridine rings is 1. The summed E-state index contributed by atoms with van der Waals surface area (Å²) in [5.74, 6) is -0.305. The van der Waals surface area contributed by atoms with Crippen LogP contribution in [0, 0.1) is 6.92 Å². The molecule has 3 heterocycles. The van der Waals surface area contributed by atoms with Crippen LogP contribution < -0.4 is 10.6 Å². The van der Waals surface area contributed by atoms with Crippen LogP contribution in [0.5, 0.6) is 0 Å². The molecule has 1 amide bonds. The minimum Gasteiger partial charge on any atom is -0.324 e. The van der Waals surface area contributed by atoms with Crippen molar-refractivity contribution in [3.63, 3.8) is 0 Å². The first-order valence-corrected chi connectivity index (χ1v) is 14.1. The Morgan fingerprint density at radius 2 is 1.93 bits per heavy atom. The molecule has 1 unspecified atom stereocenters. The first-order chi connectivity index (χ1) is 20.2. The number of anilines is 3. The summed E-state index contributed by atoms with van der Waals surface area (Å²) in [7, 11) is 0. The van der Waals surface area contributed by atoms with Gasteiger partial charge < -0.3 is 15.5 Å². The molecule has 218 valence electrons. The molecule has 0 saturated carbocycles. The molecule has 0 radical (unpaired) electrons. The molecule has 10 heteroatoms. The highest BCUT2D eigenvalue weighted by molar-refractivity contribution is 6.05. The normalized spacial score (nSPS) is 15.8. The fourth-order valence-corrected chi connectivity index (χ4v) is 5.31. The Morgan fingerprint density at radius 3 is 2.69 bits per heavy atom. The Balaban J connectivity index is 1.35. The van der Waals surface area contributed by atoms with Crippen LogP contribution in [0.4, 0.5) is 30.5 Å².